The van der Waals surface area contributed by atoms with E-state index in [-0.39, 0.29) is 16.8 Å². The molecule has 0 saturated carbocycles. The van der Waals surface area contributed by atoms with Gasteiger partial charge in [0.15, 0.2) is 0 Å². The van der Waals surface area contributed by atoms with Gasteiger partial charge in [0, 0.05) is 17.1 Å². The van der Waals surface area contributed by atoms with Gasteiger partial charge >= 0.3 is 0 Å². The van der Waals surface area contributed by atoms with Gasteiger partial charge in [-0.05, 0) is 48.3 Å². The molecule has 1 atom stereocenters. The molecule has 0 radical (unpaired) electrons. The number of nitrogens with zero attached hydrogens (tertiary/aromatic N) is 2. The summed E-state index contributed by atoms with van der Waals surface area (Å²) in [7, 11) is 0. The van der Waals surface area contributed by atoms with Crippen LogP contribution in [0.5, 0.6) is 0 Å². The van der Waals surface area contributed by atoms with Crippen LogP contribution in [0.15, 0.2) is 30.3 Å². The topological polar surface area (TPSA) is 111 Å². The van der Waals surface area contributed by atoms with E-state index in [0.717, 1.165) is 35.2 Å². The second-order valence-corrected chi connectivity index (χ2v) is 9.82. The number of nitrogens with two attached hydrogens (primary N) is 1. The highest BCUT2D eigenvalue weighted by atomic mass is 32.1. The van der Waals surface area contributed by atoms with Crippen LogP contribution in [0.1, 0.15) is 48.1 Å². The van der Waals surface area contributed by atoms with E-state index in [1.54, 1.807) is 12.1 Å². The van der Waals surface area contributed by atoms with Crippen molar-refractivity contribution < 1.29 is 9.72 Å². The van der Waals surface area contributed by atoms with Crippen LogP contribution in [0.25, 0.3) is 10.2 Å². The largest absolute Gasteiger partial charge is 0.397 e. The molecule has 1 aromatic carbocycles. The first-order valence-corrected chi connectivity index (χ1v) is 10.7. The number of rotatable bonds is 3. The lowest BCUT2D eigenvalue weighted by molar-refractivity contribution is -0.383. The standard InChI is InChI=1S/C22H24N4O3S/c1-22(2,3)13-8-9-15-12(10-13)11-14-18(23)19(30-21(14)25-15)20(27)24-16-6-4-5-7-17(16)26(28)29/h4-7,11,13H,8-10,23H2,1-3H3,(H,24,27)/t13-/m1/s1. The van der Waals surface area contributed by atoms with Gasteiger partial charge in [0.25, 0.3) is 11.6 Å². The summed E-state index contributed by atoms with van der Waals surface area (Å²) in [5.41, 5.74) is 9.18. The maximum Gasteiger partial charge on any atom is 0.292 e. The Labute approximate surface area is 178 Å². The van der Waals surface area contributed by atoms with Crippen molar-refractivity contribution in [1.29, 1.82) is 0 Å². The molecule has 2 aromatic heterocycles. The first-order chi connectivity index (χ1) is 14.1. The first kappa shape index (κ1) is 20.3. The van der Waals surface area contributed by atoms with Crippen LogP contribution in [0.4, 0.5) is 17.1 Å². The zero-order chi connectivity index (χ0) is 21.6. The molecule has 0 spiro atoms. The third kappa shape index (κ3) is 3.63. The van der Waals surface area contributed by atoms with Gasteiger partial charge < -0.3 is 11.1 Å². The monoisotopic (exact) mass is 424 g/mol. The van der Waals surface area contributed by atoms with Crippen LogP contribution in [-0.4, -0.2) is 15.8 Å². The van der Waals surface area contributed by atoms with E-state index in [0.29, 0.717) is 16.5 Å². The average molecular weight is 425 g/mol. The number of fused-ring (bicyclic) bond motifs is 2. The number of nitrogen functional groups attached to an aromatic ring is 1. The van der Waals surface area contributed by atoms with Gasteiger partial charge in [-0.3, -0.25) is 14.9 Å². The number of hydrogen-bond acceptors (Lipinski definition) is 6. The van der Waals surface area contributed by atoms with Crippen LogP contribution in [0.3, 0.4) is 0 Å². The number of thiophene rings is 1. The Morgan fingerprint density at radius 1 is 1.33 bits per heavy atom. The number of aryl methyl sites for hydroxylation is 1. The summed E-state index contributed by atoms with van der Waals surface area (Å²) >= 11 is 1.23. The van der Waals surface area contributed by atoms with Crippen LogP contribution >= 0.6 is 11.3 Å². The van der Waals surface area contributed by atoms with Crippen molar-refractivity contribution in [2.24, 2.45) is 11.3 Å². The molecule has 1 aliphatic carbocycles. The number of nitrogens with one attached hydrogen (secondary N) is 1. The Balaban J connectivity index is 1.68. The number of nitro groups is 1. The molecule has 156 valence electrons. The minimum absolute atomic E-state index is 0.143. The van der Waals surface area contributed by atoms with E-state index >= 15 is 0 Å². The zero-order valence-electron chi connectivity index (χ0n) is 17.2. The quantitative estimate of drug-likeness (QED) is 0.444. The molecule has 30 heavy (non-hydrogen) atoms. The minimum Gasteiger partial charge on any atom is -0.397 e. The zero-order valence-corrected chi connectivity index (χ0v) is 18.0. The molecule has 0 unspecified atom stereocenters. The van der Waals surface area contributed by atoms with Gasteiger partial charge in [-0.25, -0.2) is 4.98 Å². The van der Waals surface area contributed by atoms with Gasteiger partial charge in [-0.1, -0.05) is 32.9 Å². The molecule has 0 fully saturated rings. The van der Waals surface area contributed by atoms with Gasteiger partial charge in [0.2, 0.25) is 0 Å². The van der Waals surface area contributed by atoms with Crippen LogP contribution in [0.2, 0.25) is 0 Å². The maximum atomic E-state index is 12.9. The van der Waals surface area contributed by atoms with Gasteiger partial charge in [0.1, 0.15) is 15.4 Å². The van der Waals surface area contributed by atoms with E-state index < -0.39 is 10.8 Å². The molecule has 1 amide bonds. The number of para-hydroxylation sites is 2. The predicted molar refractivity (Wildman–Crippen MR) is 120 cm³/mol. The Morgan fingerprint density at radius 3 is 2.77 bits per heavy atom. The number of hydrogen-bond donors (Lipinski definition) is 2. The molecule has 7 nitrogen and oxygen atoms in total. The number of nitro benzene ring substituents is 1. The van der Waals surface area contributed by atoms with Crippen molar-refractivity contribution in [2.45, 2.75) is 40.0 Å². The number of benzene rings is 1. The van der Waals surface area contributed by atoms with Crippen molar-refractivity contribution in [3.05, 3.63) is 56.6 Å². The Hall–Kier alpha value is -3.00. The summed E-state index contributed by atoms with van der Waals surface area (Å²) in [6.07, 6.45) is 2.97. The first-order valence-electron chi connectivity index (χ1n) is 9.90. The van der Waals surface area contributed by atoms with Crippen LogP contribution in [-0.2, 0) is 12.8 Å². The second-order valence-electron chi connectivity index (χ2n) is 8.83. The van der Waals surface area contributed by atoms with Crippen LogP contribution in [0, 0.1) is 21.4 Å². The fraction of sp³-hybridized carbons (Fsp3) is 0.364. The number of amides is 1. The number of carbonyl (C=O) groups is 1. The lowest BCUT2D eigenvalue weighted by atomic mass is 9.71. The smallest absolute Gasteiger partial charge is 0.292 e. The fourth-order valence-corrected chi connectivity index (χ4v) is 5.01. The van der Waals surface area contributed by atoms with E-state index in [4.69, 9.17) is 10.7 Å². The van der Waals surface area contributed by atoms with E-state index in [1.165, 1.54) is 29.0 Å². The highest BCUT2D eigenvalue weighted by Crippen LogP contribution is 2.40. The highest BCUT2D eigenvalue weighted by Gasteiger charge is 2.30. The van der Waals surface area contributed by atoms with Gasteiger partial charge in [-0.15, -0.1) is 11.3 Å². The molecule has 3 aromatic rings. The minimum atomic E-state index is -0.523. The molecule has 0 aliphatic heterocycles. The van der Waals surface area contributed by atoms with Crippen molar-refractivity contribution >= 4 is 44.5 Å². The molecule has 0 bridgehead atoms. The Morgan fingerprint density at radius 2 is 2.07 bits per heavy atom. The summed E-state index contributed by atoms with van der Waals surface area (Å²) in [6, 6.07) is 8.12. The van der Waals surface area contributed by atoms with Gasteiger partial charge in [0.05, 0.1) is 10.6 Å². The molecule has 0 saturated heterocycles. The lowest BCUT2D eigenvalue weighted by Gasteiger charge is -2.34. The molecule has 2 heterocycles. The summed E-state index contributed by atoms with van der Waals surface area (Å²) in [5.74, 6) is 0.112. The molecule has 1 aliphatic rings. The maximum absolute atomic E-state index is 12.9. The third-order valence-corrected chi connectivity index (χ3v) is 6.98. The Bertz CT molecular complexity index is 1160. The summed E-state index contributed by atoms with van der Waals surface area (Å²) < 4.78 is 0. The average Bonchev–Trinajstić information content (AvgIpc) is 3.01. The van der Waals surface area contributed by atoms with E-state index in [2.05, 4.69) is 32.2 Å². The van der Waals surface area contributed by atoms with Crippen molar-refractivity contribution in [1.82, 2.24) is 4.98 Å². The third-order valence-electron chi connectivity index (χ3n) is 5.87. The normalized spacial score (nSPS) is 16.3. The summed E-state index contributed by atoms with van der Waals surface area (Å²) in [6.45, 7) is 6.79. The fourth-order valence-electron chi connectivity index (χ4n) is 4.02. The number of carbonyl (C=O) groups excluding carboxylic acids is 1. The highest BCUT2D eigenvalue weighted by molar-refractivity contribution is 7.21. The molecular formula is C22H24N4O3S. The van der Waals surface area contributed by atoms with Crippen LogP contribution < -0.4 is 11.1 Å². The number of aromatic nitrogens is 1. The number of pyridine rings is 1. The van der Waals surface area contributed by atoms with Crippen molar-refractivity contribution in [3.63, 3.8) is 0 Å². The van der Waals surface area contributed by atoms with E-state index in [1.807, 2.05) is 0 Å². The van der Waals surface area contributed by atoms with Gasteiger partial charge in [-0.2, -0.15) is 0 Å². The molecule has 8 heteroatoms. The SMILES string of the molecule is CC(C)(C)[C@@H]1CCc2nc3sc(C(=O)Nc4ccccc4[N+](=O)[O-])c(N)c3cc2C1. The van der Waals surface area contributed by atoms with Crippen molar-refractivity contribution in [3.8, 4) is 0 Å². The predicted octanol–water partition coefficient (Wildman–Crippen LogP) is 5.19. The molecular weight excluding hydrogens is 400 g/mol. The number of anilines is 2. The molecule has 4 rings (SSSR count). The van der Waals surface area contributed by atoms with Crippen molar-refractivity contribution in [2.75, 3.05) is 11.1 Å². The van der Waals surface area contributed by atoms with E-state index in [9.17, 15) is 14.9 Å². The Kier molecular flexibility index (Phi) is 4.97. The summed E-state index contributed by atoms with van der Waals surface area (Å²) in [5, 5.41) is 14.6. The lowest BCUT2D eigenvalue weighted by Crippen LogP contribution is -2.27. The second kappa shape index (κ2) is 7.36. The summed E-state index contributed by atoms with van der Waals surface area (Å²) in [4.78, 5) is 29.4. The molecule has 3 N–H and O–H groups in total.